The molecule has 1 atom stereocenters. The van der Waals surface area contributed by atoms with Gasteiger partial charge in [-0.05, 0) is 57.3 Å². The van der Waals surface area contributed by atoms with Crippen molar-refractivity contribution in [1.82, 2.24) is 4.57 Å². The van der Waals surface area contributed by atoms with Crippen LogP contribution in [0.25, 0.3) is 0 Å². The standard InChI is InChI=1S/C18H16Br3NO3/c1-4-5-10-15-17(25-18(10)24)8(2)14(22(15)3)16(23)11-6-9(19)7-12(20)13(11)21/h6-7,10H,4-5H2,1-3H3. The molecule has 1 aromatic carbocycles. The smallest absolute Gasteiger partial charge is 0.320 e. The summed E-state index contributed by atoms with van der Waals surface area (Å²) in [6.07, 6.45) is 1.58. The molecule has 0 amide bonds. The number of halogens is 3. The van der Waals surface area contributed by atoms with Crippen molar-refractivity contribution >= 4 is 59.5 Å². The zero-order chi connectivity index (χ0) is 18.5. The zero-order valence-electron chi connectivity index (χ0n) is 14.0. The molecular weight excluding hydrogens is 518 g/mol. The number of carbonyl (C=O) groups is 2. The second kappa shape index (κ2) is 7.00. The van der Waals surface area contributed by atoms with Crippen molar-refractivity contribution in [2.24, 2.45) is 7.05 Å². The van der Waals surface area contributed by atoms with Crippen molar-refractivity contribution in [3.05, 3.63) is 48.1 Å². The van der Waals surface area contributed by atoms with E-state index in [2.05, 4.69) is 47.8 Å². The van der Waals surface area contributed by atoms with E-state index in [1.165, 1.54) is 0 Å². The summed E-state index contributed by atoms with van der Waals surface area (Å²) in [6.45, 7) is 3.86. The molecule has 1 unspecified atom stereocenters. The Kier molecular flexibility index (Phi) is 5.28. The summed E-state index contributed by atoms with van der Waals surface area (Å²) in [5.41, 5.74) is 2.60. The number of ketones is 1. The van der Waals surface area contributed by atoms with E-state index in [0.717, 1.165) is 21.1 Å². The fraction of sp³-hybridized carbons (Fsp3) is 0.333. The predicted octanol–water partition coefficient (Wildman–Crippen LogP) is 5.65. The number of carbonyl (C=O) groups excluding carboxylic acids is 2. The molecule has 2 heterocycles. The number of esters is 1. The normalized spacial score (nSPS) is 16.1. The average molecular weight is 534 g/mol. The van der Waals surface area contributed by atoms with E-state index in [1.807, 2.05) is 31.5 Å². The molecule has 0 saturated carbocycles. The van der Waals surface area contributed by atoms with Gasteiger partial charge in [-0.25, -0.2) is 0 Å². The van der Waals surface area contributed by atoms with Crippen molar-refractivity contribution in [2.45, 2.75) is 32.6 Å². The van der Waals surface area contributed by atoms with Gasteiger partial charge in [0.1, 0.15) is 5.92 Å². The molecule has 4 nitrogen and oxygen atoms in total. The summed E-state index contributed by atoms with van der Waals surface area (Å²) in [6, 6.07) is 3.65. The number of ether oxygens (including phenoxy) is 1. The van der Waals surface area contributed by atoms with Crippen LogP contribution in [0.4, 0.5) is 0 Å². The van der Waals surface area contributed by atoms with Crippen molar-refractivity contribution in [3.63, 3.8) is 0 Å². The van der Waals surface area contributed by atoms with E-state index in [0.29, 0.717) is 33.5 Å². The molecule has 2 aromatic rings. The summed E-state index contributed by atoms with van der Waals surface area (Å²) >= 11 is 10.4. The summed E-state index contributed by atoms with van der Waals surface area (Å²) in [4.78, 5) is 25.4. The Balaban J connectivity index is 2.15. The van der Waals surface area contributed by atoms with Crippen LogP contribution >= 0.6 is 47.8 Å². The maximum absolute atomic E-state index is 13.2. The maximum Gasteiger partial charge on any atom is 0.320 e. The van der Waals surface area contributed by atoms with Crippen LogP contribution in [0, 0.1) is 6.92 Å². The quantitative estimate of drug-likeness (QED) is 0.290. The number of fused-ring (bicyclic) bond motifs is 1. The lowest BCUT2D eigenvalue weighted by Crippen LogP contribution is -2.17. The summed E-state index contributed by atoms with van der Waals surface area (Å²) in [5.74, 6) is -0.104. The van der Waals surface area contributed by atoms with Crippen LogP contribution in [-0.2, 0) is 11.8 Å². The zero-order valence-corrected chi connectivity index (χ0v) is 18.7. The first-order valence-corrected chi connectivity index (χ1v) is 10.3. The highest BCUT2D eigenvalue weighted by molar-refractivity contribution is 9.13. The number of rotatable bonds is 4. The van der Waals surface area contributed by atoms with Crippen LogP contribution < -0.4 is 4.74 Å². The maximum atomic E-state index is 13.2. The molecule has 0 bridgehead atoms. The van der Waals surface area contributed by atoms with Crippen LogP contribution in [-0.4, -0.2) is 16.3 Å². The van der Waals surface area contributed by atoms with Gasteiger partial charge in [-0.3, -0.25) is 9.59 Å². The molecular formula is C18H16Br3NO3. The van der Waals surface area contributed by atoms with E-state index < -0.39 is 0 Å². The first kappa shape index (κ1) is 18.9. The summed E-state index contributed by atoms with van der Waals surface area (Å²) in [7, 11) is 1.82. The minimum Gasteiger partial charge on any atom is -0.424 e. The number of aromatic nitrogens is 1. The minimum atomic E-state index is -0.303. The second-order valence-corrected chi connectivity index (χ2v) is 8.65. The van der Waals surface area contributed by atoms with Gasteiger partial charge in [0.15, 0.2) is 5.75 Å². The Morgan fingerprint density at radius 2 is 1.96 bits per heavy atom. The Bertz CT molecular complexity index is 902. The second-order valence-electron chi connectivity index (χ2n) is 6.09. The van der Waals surface area contributed by atoms with Crippen LogP contribution in [0.15, 0.2) is 25.6 Å². The molecule has 0 spiro atoms. The molecule has 3 rings (SSSR count). The molecule has 1 aromatic heterocycles. The van der Waals surface area contributed by atoms with Gasteiger partial charge in [0.25, 0.3) is 0 Å². The first-order chi connectivity index (χ1) is 11.8. The minimum absolute atomic E-state index is 0.116. The number of benzene rings is 1. The molecule has 0 saturated heterocycles. The van der Waals surface area contributed by atoms with Gasteiger partial charge >= 0.3 is 5.97 Å². The molecule has 0 N–H and O–H groups in total. The summed E-state index contributed by atoms with van der Waals surface area (Å²) < 4.78 is 9.60. The van der Waals surface area contributed by atoms with Crippen LogP contribution in [0.3, 0.4) is 0 Å². The van der Waals surface area contributed by atoms with Crippen molar-refractivity contribution in [2.75, 3.05) is 0 Å². The highest BCUT2D eigenvalue weighted by Crippen LogP contribution is 2.44. The molecule has 0 fully saturated rings. The highest BCUT2D eigenvalue weighted by Gasteiger charge is 2.40. The molecule has 0 radical (unpaired) electrons. The fourth-order valence-corrected chi connectivity index (χ4v) is 4.98. The van der Waals surface area contributed by atoms with E-state index in [4.69, 9.17) is 4.74 Å². The van der Waals surface area contributed by atoms with Crippen LogP contribution in [0.1, 0.15) is 53.0 Å². The lowest BCUT2D eigenvalue weighted by molar-refractivity contribution is -0.134. The van der Waals surface area contributed by atoms with Gasteiger partial charge in [-0.1, -0.05) is 29.3 Å². The van der Waals surface area contributed by atoms with Gasteiger partial charge < -0.3 is 9.30 Å². The molecule has 1 aliphatic heterocycles. The largest absolute Gasteiger partial charge is 0.424 e. The molecule has 0 aliphatic carbocycles. The van der Waals surface area contributed by atoms with Crippen molar-refractivity contribution < 1.29 is 14.3 Å². The Morgan fingerprint density at radius 3 is 2.60 bits per heavy atom. The van der Waals surface area contributed by atoms with Gasteiger partial charge in [0.05, 0.1) is 11.4 Å². The monoisotopic (exact) mass is 531 g/mol. The highest BCUT2D eigenvalue weighted by atomic mass is 79.9. The Hall–Kier alpha value is -0.920. The van der Waals surface area contributed by atoms with E-state index in [-0.39, 0.29) is 17.7 Å². The number of hydrogen-bond acceptors (Lipinski definition) is 3. The Labute approximate surface area is 171 Å². The average Bonchev–Trinajstić information content (AvgIpc) is 2.99. The lowest BCUT2D eigenvalue weighted by Gasteiger charge is -2.12. The van der Waals surface area contributed by atoms with Crippen molar-refractivity contribution in [1.29, 1.82) is 0 Å². The first-order valence-electron chi connectivity index (χ1n) is 7.88. The van der Waals surface area contributed by atoms with Gasteiger partial charge in [-0.15, -0.1) is 0 Å². The lowest BCUT2D eigenvalue weighted by atomic mass is 10.0. The molecule has 132 valence electrons. The third-order valence-electron chi connectivity index (χ3n) is 4.47. The SMILES string of the molecule is CCCC1C(=O)Oc2c(C)c(C(=O)c3cc(Br)cc(Br)c3Br)n(C)c21. The van der Waals surface area contributed by atoms with Gasteiger partial charge in [0, 0.05) is 31.6 Å². The number of nitrogens with zero attached hydrogens (tertiary/aromatic N) is 1. The molecule has 25 heavy (non-hydrogen) atoms. The Morgan fingerprint density at radius 1 is 1.28 bits per heavy atom. The molecule has 7 heteroatoms. The van der Waals surface area contributed by atoms with Crippen LogP contribution in [0.5, 0.6) is 5.75 Å². The third kappa shape index (κ3) is 3.04. The van der Waals surface area contributed by atoms with Gasteiger partial charge in [-0.2, -0.15) is 0 Å². The van der Waals surface area contributed by atoms with E-state index in [9.17, 15) is 9.59 Å². The number of hydrogen-bond donors (Lipinski definition) is 0. The fourth-order valence-electron chi connectivity index (χ4n) is 3.34. The van der Waals surface area contributed by atoms with E-state index >= 15 is 0 Å². The van der Waals surface area contributed by atoms with Gasteiger partial charge in [0.2, 0.25) is 5.78 Å². The summed E-state index contributed by atoms with van der Waals surface area (Å²) in [5, 5.41) is 0. The van der Waals surface area contributed by atoms with Crippen LogP contribution in [0.2, 0.25) is 0 Å². The predicted molar refractivity (Wildman–Crippen MR) is 106 cm³/mol. The van der Waals surface area contributed by atoms with E-state index in [1.54, 1.807) is 6.07 Å². The third-order valence-corrected chi connectivity index (χ3v) is 6.94. The molecule has 1 aliphatic rings. The van der Waals surface area contributed by atoms with Crippen molar-refractivity contribution in [3.8, 4) is 5.75 Å². The topological polar surface area (TPSA) is 48.3 Å².